The highest BCUT2D eigenvalue weighted by atomic mass is 16.4. The third kappa shape index (κ3) is 15.0. The van der Waals surface area contributed by atoms with E-state index in [2.05, 4.69) is 31.4 Å². The maximum Gasteiger partial charge on any atom is 0.320 e. The molecule has 8 nitrogen and oxygen atoms in total. The topological polar surface area (TPSA) is 133 Å². The van der Waals surface area contributed by atoms with Crippen molar-refractivity contribution in [1.29, 1.82) is 0 Å². The molecule has 0 heterocycles. The Balaban J connectivity index is 4.44. The van der Waals surface area contributed by atoms with Gasteiger partial charge in [0, 0.05) is 31.3 Å². The minimum absolute atomic E-state index is 0.0250. The highest BCUT2D eigenvalue weighted by molar-refractivity contribution is 5.85. The lowest BCUT2D eigenvalue weighted by Crippen LogP contribution is -2.47. The first-order valence-electron chi connectivity index (χ1n) is 10.6. The van der Waals surface area contributed by atoms with E-state index >= 15 is 0 Å². The van der Waals surface area contributed by atoms with Crippen LogP contribution in [0.4, 0.5) is 0 Å². The molecule has 8 heteroatoms. The van der Waals surface area contributed by atoms with Crippen LogP contribution in [0.5, 0.6) is 0 Å². The molecule has 0 aliphatic carbocycles. The van der Waals surface area contributed by atoms with Crippen molar-refractivity contribution in [2.75, 3.05) is 6.54 Å². The third-order valence-corrected chi connectivity index (χ3v) is 4.59. The number of amides is 1. The molecule has 0 rings (SSSR count). The van der Waals surface area contributed by atoms with Crippen molar-refractivity contribution in [3.8, 4) is 0 Å². The lowest BCUT2D eigenvalue weighted by molar-refractivity contribution is -0.144. The Hall–Kier alpha value is -1.96. The van der Waals surface area contributed by atoms with Crippen molar-refractivity contribution in [2.24, 2.45) is 11.3 Å². The molecule has 4 N–H and O–H groups in total. The van der Waals surface area contributed by atoms with Gasteiger partial charge in [0.15, 0.2) is 0 Å². The van der Waals surface area contributed by atoms with Crippen LogP contribution in [0, 0.1) is 11.3 Å². The average molecular weight is 429 g/mol. The first-order valence-corrected chi connectivity index (χ1v) is 10.6. The molecule has 2 atom stereocenters. The number of carbonyl (C=O) groups is 4. The second kappa shape index (κ2) is 12.7. The lowest BCUT2D eigenvalue weighted by atomic mass is 9.90. The summed E-state index contributed by atoms with van der Waals surface area (Å²) >= 11 is 0. The average Bonchev–Trinajstić information content (AvgIpc) is 2.56. The van der Waals surface area contributed by atoms with Crippen molar-refractivity contribution in [2.45, 2.75) is 98.1 Å². The van der Waals surface area contributed by atoms with Crippen LogP contribution in [0.1, 0.15) is 86.5 Å². The van der Waals surface area contributed by atoms with E-state index < -0.39 is 29.4 Å². The number of hydrogen-bond donors (Lipinski definition) is 4. The van der Waals surface area contributed by atoms with Crippen molar-refractivity contribution < 1.29 is 29.4 Å². The van der Waals surface area contributed by atoms with Crippen LogP contribution in [-0.4, -0.2) is 52.0 Å². The molecular weight excluding hydrogens is 388 g/mol. The molecule has 0 bridgehead atoms. The van der Waals surface area contributed by atoms with E-state index in [9.17, 15) is 29.4 Å². The van der Waals surface area contributed by atoms with E-state index in [4.69, 9.17) is 0 Å². The van der Waals surface area contributed by atoms with E-state index in [1.807, 2.05) is 20.8 Å². The highest BCUT2D eigenvalue weighted by Gasteiger charge is 2.26. The lowest BCUT2D eigenvalue weighted by Gasteiger charge is -2.25. The van der Waals surface area contributed by atoms with Gasteiger partial charge in [0.05, 0.1) is 5.92 Å². The van der Waals surface area contributed by atoms with Crippen LogP contribution >= 0.6 is 0 Å². The zero-order valence-electron chi connectivity index (χ0n) is 19.3. The van der Waals surface area contributed by atoms with Crippen LogP contribution in [-0.2, 0) is 19.2 Å². The molecule has 0 saturated carbocycles. The van der Waals surface area contributed by atoms with E-state index in [-0.39, 0.29) is 49.2 Å². The summed E-state index contributed by atoms with van der Waals surface area (Å²) in [7, 11) is 0. The molecule has 0 aromatic heterocycles. The fourth-order valence-corrected chi connectivity index (χ4v) is 3.02. The van der Waals surface area contributed by atoms with Crippen LogP contribution < -0.4 is 10.6 Å². The molecule has 30 heavy (non-hydrogen) atoms. The number of aliphatic carboxylic acids is 2. The number of Topliss-reactive ketones (excluding diaryl/α,β-unsaturated/α-hetero) is 1. The Kier molecular flexibility index (Phi) is 11.8. The van der Waals surface area contributed by atoms with Crippen LogP contribution in [0.15, 0.2) is 0 Å². The van der Waals surface area contributed by atoms with E-state index in [0.29, 0.717) is 6.54 Å². The number of carboxylic acids is 2. The predicted molar refractivity (Wildman–Crippen MR) is 115 cm³/mol. The summed E-state index contributed by atoms with van der Waals surface area (Å²) in [5, 5.41) is 24.4. The number of ketones is 1. The number of carboxylic acid groups (broad SMARTS) is 2. The maximum absolute atomic E-state index is 12.2. The standard InChI is InChI=1S/C22H40N2O6/c1-21(2,3)12-7-13-23-18(26)11-8-15(19(27)28)14-16(25)9-10-17(20(29)30)24-22(4,5)6/h15,17,24H,7-14H2,1-6H3,(H,23,26)(H,27,28)(H,29,30)/t15-,17+/m1/s1. The summed E-state index contributed by atoms with van der Waals surface area (Å²) in [6, 6.07) is -0.879. The predicted octanol–water partition coefficient (Wildman–Crippen LogP) is 2.99. The zero-order chi connectivity index (χ0) is 23.5. The normalized spacial score (nSPS) is 14.1. The van der Waals surface area contributed by atoms with Gasteiger partial charge in [0.25, 0.3) is 0 Å². The second-order valence-corrected chi connectivity index (χ2v) is 10.2. The highest BCUT2D eigenvalue weighted by Crippen LogP contribution is 2.20. The van der Waals surface area contributed by atoms with Gasteiger partial charge < -0.3 is 15.5 Å². The van der Waals surface area contributed by atoms with Gasteiger partial charge in [0.2, 0.25) is 5.91 Å². The van der Waals surface area contributed by atoms with Gasteiger partial charge in [-0.1, -0.05) is 20.8 Å². The Bertz CT molecular complexity index is 589. The Labute approximate surface area is 180 Å². The van der Waals surface area contributed by atoms with Crippen molar-refractivity contribution in [3.63, 3.8) is 0 Å². The zero-order valence-corrected chi connectivity index (χ0v) is 19.3. The fourth-order valence-electron chi connectivity index (χ4n) is 3.02. The monoisotopic (exact) mass is 428 g/mol. The van der Waals surface area contributed by atoms with Gasteiger partial charge >= 0.3 is 11.9 Å². The molecule has 1 amide bonds. The summed E-state index contributed by atoms with van der Waals surface area (Å²) in [5.41, 5.74) is -0.225. The smallest absolute Gasteiger partial charge is 0.320 e. The molecule has 0 aliphatic rings. The maximum atomic E-state index is 12.2. The van der Waals surface area contributed by atoms with Crippen LogP contribution in [0.2, 0.25) is 0 Å². The second-order valence-electron chi connectivity index (χ2n) is 10.2. The number of rotatable bonds is 14. The van der Waals surface area contributed by atoms with Gasteiger partial charge in [-0.3, -0.25) is 24.5 Å². The van der Waals surface area contributed by atoms with E-state index in [1.165, 1.54) is 0 Å². The van der Waals surface area contributed by atoms with Crippen molar-refractivity contribution >= 4 is 23.6 Å². The van der Waals surface area contributed by atoms with Gasteiger partial charge in [0.1, 0.15) is 11.8 Å². The van der Waals surface area contributed by atoms with Gasteiger partial charge in [-0.15, -0.1) is 0 Å². The molecule has 174 valence electrons. The molecule has 0 aromatic carbocycles. The Morgan fingerprint density at radius 1 is 0.867 bits per heavy atom. The summed E-state index contributed by atoms with van der Waals surface area (Å²) in [6.07, 6.45) is 1.81. The molecule has 0 aliphatic heterocycles. The van der Waals surface area contributed by atoms with Crippen LogP contribution in [0.25, 0.3) is 0 Å². The summed E-state index contributed by atoms with van der Waals surface area (Å²) in [5.74, 6) is -3.64. The van der Waals surface area contributed by atoms with Gasteiger partial charge in [-0.2, -0.15) is 0 Å². The van der Waals surface area contributed by atoms with E-state index in [0.717, 1.165) is 12.8 Å². The molecule has 0 spiro atoms. The molecular formula is C22H40N2O6. The molecule has 0 saturated heterocycles. The quantitative estimate of drug-likeness (QED) is 0.313. The molecule has 0 fully saturated rings. The minimum atomic E-state index is -1.12. The third-order valence-electron chi connectivity index (χ3n) is 4.59. The first-order chi connectivity index (χ1) is 13.6. The SMILES string of the molecule is CC(C)(C)CCCNC(=O)CC[C@H](CC(=O)CC[C@H](NC(C)(C)C)C(=O)O)C(=O)O. The Morgan fingerprint density at radius 2 is 1.47 bits per heavy atom. The van der Waals surface area contributed by atoms with Gasteiger partial charge in [-0.25, -0.2) is 0 Å². The molecule has 0 aromatic rings. The largest absolute Gasteiger partial charge is 0.481 e. The number of hydrogen-bond acceptors (Lipinski definition) is 5. The fraction of sp³-hybridized carbons (Fsp3) is 0.818. The summed E-state index contributed by atoms with van der Waals surface area (Å²) in [6.45, 7) is 12.4. The minimum Gasteiger partial charge on any atom is -0.481 e. The summed E-state index contributed by atoms with van der Waals surface area (Å²) in [4.78, 5) is 47.0. The number of carbonyl (C=O) groups excluding carboxylic acids is 2. The van der Waals surface area contributed by atoms with Gasteiger partial charge in [-0.05, 0) is 51.9 Å². The van der Waals surface area contributed by atoms with Crippen molar-refractivity contribution in [1.82, 2.24) is 10.6 Å². The number of nitrogens with one attached hydrogen (secondary N) is 2. The molecule has 0 unspecified atom stereocenters. The first kappa shape index (κ1) is 28.0. The van der Waals surface area contributed by atoms with Crippen LogP contribution in [0.3, 0.4) is 0 Å². The van der Waals surface area contributed by atoms with E-state index in [1.54, 1.807) is 0 Å². The van der Waals surface area contributed by atoms with Crippen molar-refractivity contribution in [3.05, 3.63) is 0 Å². The molecule has 0 radical (unpaired) electrons. The Morgan fingerprint density at radius 3 is 1.93 bits per heavy atom. The summed E-state index contributed by atoms with van der Waals surface area (Å²) < 4.78 is 0.